The zero-order valence-electron chi connectivity index (χ0n) is 3.20. The fourth-order valence-corrected chi connectivity index (χ4v) is 1.05. The van der Waals surface area contributed by atoms with Gasteiger partial charge >= 0.3 is 0 Å². The second-order valence-electron chi connectivity index (χ2n) is 2.23. The average molecular weight is 67.1 g/mol. The third-order valence-electron chi connectivity index (χ3n) is 1.73. The number of hydrogen-bond acceptors (Lipinski definition) is 0. The molecular weight excluding hydrogens is 60.1 g/mol. The van der Waals surface area contributed by atoms with Gasteiger partial charge in [-0.2, -0.15) is 0 Å². The highest BCUT2D eigenvalue weighted by molar-refractivity contribution is 5.17. The summed E-state index contributed by atoms with van der Waals surface area (Å²) in [5.41, 5.74) is 0. The van der Waals surface area contributed by atoms with Gasteiger partial charge in [-0.25, -0.2) is 0 Å². The Hall–Kier alpha value is 0. The van der Waals surface area contributed by atoms with Gasteiger partial charge in [-0.3, -0.25) is 0 Å². The number of rotatable bonds is 0. The van der Waals surface area contributed by atoms with Gasteiger partial charge in [0.1, 0.15) is 0 Å². The van der Waals surface area contributed by atoms with Gasteiger partial charge in [-0.1, -0.05) is 0 Å². The molecule has 0 N–H and O–H groups in total. The zero-order chi connectivity index (χ0) is 3.28. The molecule has 0 heterocycles. The van der Waals surface area contributed by atoms with Crippen LogP contribution in [0, 0.1) is 11.8 Å². The Bertz CT molecular complexity index is 36.8. The molecule has 27 valence electrons. The van der Waals surface area contributed by atoms with Crippen molar-refractivity contribution in [3.05, 3.63) is 5.92 Å². The molecule has 0 unspecified atom stereocenters. The van der Waals surface area contributed by atoms with E-state index in [1.807, 2.05) is 5.92 Å². The van der Waals surface area contributed by atoms with E-state index in [-0.39, 0.29) is 0 Å². The summed E-state index contributed by atoms with van der Waals surface area (Å²) in [6, 6.07) is 0. The van der Waals surface area contributed by atoms with Crippen LogP contribution in [-0.4, -0.2) is 0 Å². The van der Waals surface area contributed by atoms with Crippen molar-refractivity contribution in [2.24, 2.45) is 5.92 Å². The van der Waals surface area contributed by atoms with Crippen LogP contribution in [0.15, 0.2) is 0 Å². The molecule has 0 aromatic carbocycles. The van der Waals surface area contributed by atoms with Gasteiger partial charge in [0, 0.05) is 0 Å². The fraction of sp³-hybridized carbons (Fsp3) is 0.800. The first kappa shape index (κ1) is 2.22. The molecule has 3 fully saturated rings. The highest BCUT2D eigenvalue weighted by atomic mass is 14.5. The predicted octanol–water partition coefficient (Wildman–Crippen LogP) is 1.37. The predicted molar refractivity (Wildman–Crippen MR) is 20.6 cm³/mol. The van der Waals surface area contributed by atoms with E-state index >= 15 is 0 Å². The molecule has 0 nitrogen and oxygen atoms in total. The standard InChI is InChI=1S/C5H7/c1-4-2-5(1)3-4/h4H,1-3H2. The summed E-state index contributed by atoms with van der Waals surface area (Å²) in [4.78, 5) is 0. The van der Waals surface area contributed by atoms with Crippen molar-refractivity contribution in [3.63, 3.8) is 0 Å². The Morgan fingerprint density at radius 1 is 1.20 bits per heavy atom. The first-order chi connectivity index (χ1) is 2.45. The van der Waals surface area contributed by atoms with Crippen molar-refractivity contribution in [1.29, 1.82) is 0 Å². The van der Waals surface area contributed by atoms with Crippen LogP contribution in [0.4, 0.5) is 0 Å². The summed E-state index contributed by atoms with van der Waals surface area (Å²) in [6.45, 7) is 0. The van der Waals surface area contributed by atoms with Crippen LogP contribution in [0.1, 0.15) is 19.3 Å². The second kappa shape index (κ2) is 0.444. The lowest BCUT2D eigenvalue weighted by atomic mass is 9.56. The van der Waals surface area contributed by atoms with Gasteiger partial charge in [-0.15, -0.1) is 0 Å². The summed E-state index contributed by atoms with van der Waals surface area (Å²) >= 11 is 0. The van der Waals surface area contributed by atoms with Crippen molar-refractivity contribution < 1.29 is 0 Å². The van der Waals surface area contributed by atoms with Crippen LogP contribution < -0.4 is 0 Å². The third-order valence-corrected chi connectivity index (χ3v) is 1.73. The molecule has 0 aromatic rings. The molecule has 3 aliphatic rings. The Morgan fingerprint density at radius 2 is 1.40 bits per heavy atom. The first-order valence-electron chi connectivity index (χ1n) is 2.29. The average Bonchev–Trinajstić information content (AvgIpc) is 0.592. The van der Waals surface area contributed by atoms with E-state index in [9.17, 15) is 0 Å². The van der Waals surface area contributed by atoms with Crippen LogP contribution in [0.3, 0.4) is 0 Å². The highest BCUT2D eigenvalue weighted by Gasteiger charge is 2.41. The van der Waals surface area contributed by atoms with Crippen molar-refractivity contribution in [1.82, 2.24) is 0 Å². The summed E-state index contributed by atoms with van der Waals surface area (Å²) in [7, 11) is 0. The zero-order valence-corrected chi connectivity index (χ0v) is 3.20. The fourth-order valence-electron chi connectivity index (χ4n) is 1.05. The van der Waals surface area contributed by atoms with Gasteiger partial charge in [0.25, 0.3) is 0 Å². The lowest BCUT2D eigenvalue weighted by Gasteiger charge is -2.49. The van der Waals surface area contributed by atoms with Crippen molar-refractivity contribution in [2.45, 2.75) is 19.3 Å². The molecule has 2 bridgehead atoms. The van der Waals surface area contributed by atoms with Gasteiger partial charge in [-0.05, 0) is 31.1 Å². The molecule has 0 spiro atoms. The minimum atomic E-state index is 1.17. The van der Waals surface area contributed by atoms with Crippen LogP contribution in [0.25, 0.3) is 0 Å². The molecule has 0 saturated heterocycles. The molecule has 0 atom stereocenters. The van der Waals surface area contributed by atoms with E-state index in [4.69, 9.17) is 0 Å². The van der Waals surface area contributed by atoms with Crippen molar-refractivity contribution in [3.8, 4) is 0 Å². The van der Waals surface area contributed by atoms with E-state index in [0.29, 0.717) is 0 Å². The molecule has 5 heavy (non-hydrogen) atoms. The summed E-state index contributed by atoms with van der Waals surface area (Å²) in [5.74, 6) is 3.00. The van der Waals surface area contributed by atoms with Gasteiger partial charge in [0.2, 0.25) is 0 Å². The Labute approximate surface area is 32.2 Å². The lowest BCUT2D eigenvalue weighted by Crippen LogP contribution is -2.36. The van der Waals surface area contributed by atoms with E-state index in [2.05, 4.69) is 0 Å². The number of hydrogen-bond donors (Lipinski definition) is 0. The van der Waals surface area contributed by atoms with Crippen molar-refractivity contribution >= 4 is 0 Å². The van der Waals surface area contributed by atoms with Crippen LogP contribution in [0.2, 0.25) is 0 Å². The maximum atomic E-state index is 1.83. The monoisotopic (exact) mass is 67.1 g/mol. The Morgan fingerprint density at radius 3 is 1.40 bits per heavy atom. The van der Waals surface area contributed by atoms with E-state index in [1.165, 1.54) is 25.2 Å². The normalized spacial score (nSPS) is 36.0. The maximum Gasteiger partial charge on any atom is -0.0233 e. The molecular formula is C5H7. The summed E-state index contributed by atoms with van der Waals surface area (Å²) in [5, 5.41) is 0. The summed E-state index contributed by atoms with van der Waals surface area (Å²) < 4.78 is 0. The molecule has 1 radical (unpaired) electrons. The molecule has 0 amide bonds. The highest BCUT2D eigenvalue weighted by Crippen LogP contribution is 2.54. The van der Waals surface area contributed by atoms with E-state index in [1.54, 1.807) is 0 Å². The van der Waals surface area contributed by atoms with Crippen LogP contribution in [-0.2, 0) is 0 Å². The minimum absolute atomic E-state index is 1.17. The SMILES string of the molecule is C1[C]2CC1C2. The van der Waals surface area contributed by atoms with Crippen molar-refractivity contribution in [2.75, 3.05) is 0 Å². The molecule has 3 aliphatic carbocycles. The van der Waals surface area contributed by atoms with Gasteiger partial charge < -0.3 is 0 Å². The largest absolute Gasteiger partial charge is 0.0441 e. The smallest absolute Gasteiger partial charge is 0.0233 e. The first-order valence-corrected chi connectivity index (χ1v) is 2.29. The molecule has 0 heteroatoms. The lowest BCUT2D eigenvalue weighted by molar-refractivity contribution is 0.188. The maximum absolute atomic E-state index is 1.83. The Balaban J connectivity index is 2.19. The van der Waals surface area contributed by atoms with Crippen LogP contribution >= 0.6 is 0 Å². The Kier molecular flexibility index (Phi) is 0.198. The quantitative estimate of drug-likeness (QED) is 0.401. The molecule has 3 saturated carbocycles. The second-order valence-corrected chi connectivity index (χ2v) is 2.23. The minimum Gasteiger partial charge on any atom is -0.0441 e. The molecule has 0 aromatic heterocycles. The van der Waals surface area contributed by atoms with Gasteiger partial charge in [0.15, 0.2) is 0 Å². The third kappa shape index (κ3) is 0.111. The van der Waals surface area contributed by atoms with Gasteiger partial charge in [0.05, 0.1) is 0 Å². The topological polar surface area (TPSA) is 0 Å². The summed E-state index contributed by atoms with van der Waals surface area (Å²) in [6.07, 6.45) is 4.50. The van der Waals surface area contributed by atoms with Crippen LogP contribution in [0.5, 0.6) is 0 Å². The van der Waals surface area contributed by atoms with E-state index in [0.717, 1.165) is 0 Å². The van der Waals surface area contributed by atoms with E-state index < -0.39 is 0 Å². The molecule has 3 rings (SSSR count). The molecule has 0 aliphatic heterocycles.